The van der Waals surface area contributed by atoms with Gasteiger partial charge in [-0.15, -0.1) is 0 Å². The molecule has 1 atom stereocenters. The molecule has 0 aliphatic carbocycles. The van der Waals surface area contributed by atoms with Gasteiger partial charge < -0.3 is 10.6 Å². The van der Waals surface area contributed by atoms with Crippen molar-refractivity contribution in [3.05, 3.63) is 28.7 Å². The fourth-order valence-corrected chi connectivity index (χ4v) is 4.18. The Morgan fingerprint density at radius 2 is 2.22 bits per heavy atom. The summed E-state index contributed by atoms with van der Waals surface area (Å²) in [6.07, 6.45) is 0.614. The van der Waals surface area contributed by atoms with E-state index in [-0.39, 0.29) is 17.5 Å². The van der Waals surface area contributed by atoms with Crippen molar-refractivity contribution < 1.29 is 8.42 Å². The monoisotopic (exact) mass is 348 g/mol. The van der Waals surface area contributed by atoms with Gasteiger partial charge in [-0.3, -0.25) is 0 Å². The second-order valence-corrected chi connectivity index (χ2v) is 7.76. The van der Waals surface area contributed by atoms with Crippen LogP contribution < -0.4 is 10.6 Å². The number of sulfone groups is 1. The maximum absolute atomic E-state index is 11.3. The zero-order valence-corrected chi connectivity index (χ0v) is 12.7. The summed E-state index contributed by atoms with van der Waals surface area (Å²) in [5.74, 6) is 0.400. The Labute approximate surface area is 120 Å². The molecule has 0 bridgehead atoms. The molecule has 98 valence electrons. The molecular weight excluding hydrogens is 336 g/mol. The summed E-state index contributed by atoms with van der Waals surface area (Å²) in [6, 6.07) is 7.53. The summed E-state index contributed by atoms with van der Waals surface area (Å²) >= 11 is 8.53. The number of hydrogen-bond donors (Lipinski definition) is 2. The first kappa shape index (κ1) is 13.8. The van der Waals surface area contributed by atoms with Crippen molar-refractivity contribution >= 4 is 48.8 Å². The minimum atomic E-state index is -2.88. The van der Waals surface area contributed by atoms with Crippen molar-refractivity contribution in [1.82, 2.24) is 5.32 Å². The number of nitrogens with one attached hydrogen (secondary N) is 2. The lowest BCUT2D eigenvalue weighted by molar-refractivity contribution is 0.600. The first-order valence-electron chi connectivity index (χ1n) is 5.48. The lowest BCUT2D eigenvalue weighted by atomic mass is 10.3. The minimum absolute atomic E-state index is 0.0813. The van der Waals surface area contributed by atoms with Crippen LogP contribution in [0.25, 0.3) is 0 Å². The minimum Gasteiger partial charge on any atom is -0.359 e. The standard InChI is InChI=1S/C11H13BrN2O2S2/c12-8-2-1-3-9(6-8)13-11(17)14-10-4-5-18(15,16)7-10/h1-3,6,10H,4-5,7H2,(H2,13,14,17). The molecule has 1 aromatic carbocycles. The Bertz CT molecular complexity index is 560. The van der Waals surface area contributed by atoms with Crippen LogP contribution in [0.1, 0.15) is 6.42 Å². The highest BCUT2D eigenvalue weighted by atomic mass is 79.9. The highest BCUT2D eigenvalue weighted by Gasteiger charge is 2.28. The van der Waals surface area contributed by atoms with Crippen molar-refractivity contribution in [2.24, 2.45) is 0 Å². The van der Waals surface area contributed by atoms with Crippen molar-refractivity contribution in [3.8, 4) is 0 Å². The van der Waals surface area contributed by atoms with Crippen molar-refractivity contribution in [2.45, 2.75) is 12.5 Å². The number of halogens is 1. The van der Waals surface area contributed by atoms with Crippen molar-refractivity contribution in [1.29, 1.82) is 0 Å². The third-order valence-electron chi connectivity index (χ3n) is 2.65. The number of rotatable bonds is 2. The van der Waals surface area contributed by atoms with Gasteiger partial charge in [-0.05, 0) is 36.8 Å². The summed E-state index contributed by atoms with van der Waals surface area (Å²) < 4.78 is 23.6. The van der Waals surface area contributed by atoms with E-state index < -0.39 is 9.84 Å². The van der Waals surface area contributed by atoms with Crippen LogP contribution in [0.2, 0.25) is 0 Å². The molecule has 1 aliphatic heterocycles. The fourth-order valence-electron chi connectivity index (χ4n) is 1.83. The number of anilines is 1. The van der Waals surface area contributed by atoms with Crippen LogP contribution >= 0.6 is 28.1 Å². The van der Waals surface area contributed by atoms with Gasteiger partial charge >= 0.3 is 0 Å². The molecule has 18 heavy (non-hydrogen) atoms. The molecule has 0 aromatic heterocycles. The molecule has 2 N–H and O–H groups in total. The third kappa shape index (κ3) is 3.93. The average Bonchev–Trinajstić information content (AvgIpc) is 2.57. The van der Waals surface area contributed by atoms with E-state index in [0.717, 1.165) is 10.2 Å². The zero-order chi connectivity index (χ0) is 13.2. The van der Waals surface area contributed by atoms with Crippen molar-refractivity contribution in [2.75, 3.05) is 16.8 Å². The second-order valence-electron chi connectivity index (χ2n) is 4.21. The number of hydrogen-bond acceptors (Lipinski definition) is 3. The molecule has 0 radical (unpaired) electrons. The van der Waals surface area contributed by atoms with E-state index in [1.165, 1.54) is 0 Å². The average molecular weight is 349 g/mol. The van der Waals surface area contributed by atoms with Crippen LogP contribution in [0.4, 0.5) is 5.69 Å². The van der Waals surface area contributed by atoms with Gasteiger partial charge in [0.2, 0.25) is 0 Å². The SMILES string of the molecule is O=S1(=O)CCC(NC(=S)Nc2cccc(Br)c2)C1. The zero-order valence-electron chi connectivity index (χ0n) is 9.52. The van der Waals surface area contributed by atoms with Gasteiger partial charge in [-0.2, -0.15) is 0 Å². The summed E-state index contributed by atoms with van der Waals surface area (Å²) in [5, 5.41) is 6.51. The van der Waals surface area contributed by atoms with Gasteiger partial charge in [0, 0.05) is 16.2 Å². The van der Waals surface area contributed by atoms with Crippen LogP contribution in [-0.2, 0) is 9.84 Å². The number of thiocarbonyl (C=S) groups is 1. The molecular formula is C11H13BrN2O2S2. The Balaban J connectivity index is 1.90. The molecule has 0 saturated carbocycles. The maximum Gasteiger partial charge on any atom is 0.171 e. The first-order chi connectivity index (χ1) is 8.44. The van der Waals surface area contributed by atoms with E-state index in [4.69, 9.17) is 12.2 Å². The van der Waals surface area contributed by atoms with E-state index in [1.54, 1.807) is 0 Å². The lowest BCUT2D eigenvalue weighted by Crippen LogP contribution is -2.38. The summed E-state index contributed by atoms with van der Waals surface area (Å²) in [7, 11) is -2.88. The normalized spacial score (nSPS) is 21.5. The van der Waals surface area contributed by atoms with Crippen LogP contribution in [-0.4, -0.2) is 31.1 Å². The van der Waals surface area contributed by atoms with E-state index >= 15 is 0 Å². The molecule has 7 heteroatoms. The van der Waals surface area contributed by atoms with Crippen LogP contribution in [0.5, 0.6) is 0 Å². The molecule has 1 saturated heterocycles. The first-order valence-corrected chi connectivity index (χ1v) is 8.50. The van der Waals surface area contributed by atoms with Crippen molar-refractivity contribution in [3.63, 3.8) is 0 Å². The van der Waals surface area contributed by atoms with Crippen LogP contribution in [0, 0.1) is 0 Å². The lowest BCUT2D eigenvalue weighted by Gasteiger charge is -2.14. The molecule has 1 unspecified atom stereocenters. The van der Waals surface area contributed by atoms with Gasteiger partial charge in [0.25, 0.3) is 0 Å². The Hall–Kier alpha value is -0.660. The summed E-state index contributed by atoms with van der Waals surface area (Å²) in [5.41, 5.74) is 0.864. The summed E-state index contributed by atoms with van der Waals surface area (Å²) in [6.45, 7) is 0. The predicted octanol–water partition coefficient (Wildman–Crippen LogP) is 1.92. The van der Waals surface area contributed by atoms with Gasteiger partial charge in [-0.25, -0.2) is 8.42 Å². The second kappa shape index (κ2) is 5.54. The van der Waals surface area contributed by atoms with E-state index in [1.807, 2.05) is 24.3 Å². The Kier molecular flexibility index (Phi) is 4.24. The van der Waals surface area contributed by atoms with Gasteiger partial charge in [0.15, 0.2) is 14.9 Å². The molecule has 0 spiro atoms. The topological polar surface area (TPSA) is 58.2 Å². The Morgan fingerprint density at radius 1 is 1.44 bits per heavy atom. The molecule has 4 nitrogen and oxygen atoms in total. The van der Waals surface area contributed by atoms with Gasteiger partial charge in [0.05, 0.1) is 11.5 Å². The molecule has 1 fully saturated rings. The molecule has 1 aromatic rings. The van der Waals surface area contributed by atoms with Crippen LogP contribution in [0.3, 0.4) is 0 Å². The van der Waals surface area contributed by atoms with Crippen LogP contribution in [0.15, 0.2) is 28.7 Å². The molecule has 1 aliphatic rings. The van der Waals surface area contributed by atoms with Gasteiger partial charge in [-0.1, -0.05) is 22.0 Å². The van der Waals surface area contributed by atoms with E-state index in [2.05, 4.69) is 26.6 Å². The molecule has 0 amide bonds. The number of benzene rings is 1. The highest BCUT2D eigenvalue weighted by molar-refractivity contribution is 9.10. The largest absolute Gasteiger partial charge is 0.359 e. The maximum atomic E-state index is 11.3. The molecule has 1 heterocycles. The summed E-state index contributed by atoms with van der Waals surface area (Å²) in [4.78, 5) is 0. The molecule has 2 rings (SSSR count). The smallest absolute Gasteiger partial charge is 0.171 e. The van der Waals surface area contributed by atoms with Gasteiger partial charge in [0.1, 0.15) is 0 Å². The predicted molar refractivity (Wildman–Crippen MR) is 80.6 cm³/mol. The Morgan fingerprint density at radius 3 is 2.83 bits per heavy atom. The van der Waals surface area contributed by atoms with E-state index in [0.29, 0.717) is 11.5 Å². The third-order valence-corrected chi connectivity index (χ3v) is 5.13. The highest BCUT2D eigenvalue weighted by Crippen LogP contribution is 2.16. The quantitative estimate of drug-likeness (QED) is 0.799. The fraction of sp³-hybridized carbons (Fsp3) is 0.364. The van der Waals surface area contributed by atoms with E-state index in [9.17, 15) is 8.42 Å².